The molecule has 5 N–H and O–H groups in total. The lowest BCUT2D eigenvalue weighted by Gasteiger charge is -2.18. The maximum Gasteiger partial charge on any atom is 0.697 e. The molecule has 3 rings (SSSR count). The van der Waals surface area contributed by atoms with Crippen molar-refractivity contribution in [2.24, 2.45) is 5.92 Å². The highest BCUT2D eigenvalue weighted by Gasteiger charge is 2.45. The summed E-state index contributed by atoms with van der Waals surface area (Å²) in [7, 11) is -12.4. The summed E-state index contributed by atoms with van der Waals surface area (Å²) in [5.41, 5.74) is -0.742. The van der Waals surface area contributed by atoms with Crippen molar-refractivity contribution >= 4 is 46.5 Å². The Morgan fingerprint density at radius 3 is 2.77 bits per heavy atom. The van der Waals surface area contributed by atoms with E-state index in [1.54, 1.807) is 19.9 Å². The summed E-state index contributed by atoms with van der Waals surface area (Å²) in [5.74, 6) is -2.39. The molecule has 0 saturated carbocycles. The molecule has 2 aromatic rings. The molecule has 214 valence electrons. The minimum absolute atomic E-state index is 0.00658. The molecular weight excluding hydrogens is 585 g/mol. The van der Waals surface area contributed by atoms with Crippen LogP contribution < -0.4 is 10.9 Å². The number of amides is 1. The van der Waals surface area contributed by atoms with Gasteiger partial charge in [0.25, 0.3) is 5.56 Å². The fourth-order valence-corrected chi connectivity index (χ4v) is 6.67. The van der Waals surface area contributed by atoms with Gasteiger partial charge in [-0.25, -0.2) is 4.98 Å². The van der Waals surface area contributed by atoms with Crippen molar-refractivity contribution in [3.63, 3.8) is 0 Å². The Morgan fingerprint density at radius 1 is 1.41 bits per heavy atom. The maximum absolute atomic E-state index is 12.5. The standard InChI is InChI=1S/C18H25N6O12P3/c1-10(2)16(25)22-18-21-15-14(17(26)23-18)20-8-24(15)13-6-11(36-37(27)33-5-3-4-19)12(35-13)7-34-39(31,32)9-38(28,29)30/h8,10-13H,3,5-7,9H2,1-2H3,(H4-,21,22,23,25,26,28,29,30,31,32)/p+1. The Bertz CT molecular complexity index is 1410. The van der Waals surface area contributed by atoms with Gasteiger partial charge in [-0.05, 0) is 0 Å². The van der Waals surface area contributed by atoms with Crippen LogP contribution in [0.15, 0.2) is 11.1 Å². The van der Waals surface area contributed by atoms with E-state index < -0.39 is 71.8 Å². The maximum atomic E-state index is 12.5. The van der Waals surface area contributed by atoms with Crippen LogP contribution in [0.5, 0.6) is 0 Å². The molecule has 1 fully saturated rings. The number of fused-ring (bicyclic) bond motifs is 1. The average molecular weight is 611 g/mol. The first-order chi connectivity index (χ1) is 18.2. The predicted octanol–water partition coefficient (Wildman–Crippen LogP) is 1.31. The van der Waals surface area contributed by atoms with Crippen molar-refractivity contribution in [2.75, 3.05) is 24.4 Å². The van der Waals surface area contributed by atoms with Crippen LogP contribution in [0.2, 0.25) is 0 Å². The summed E-state index contributed by atoms with van der Waals surface area (Å²) in [5, 5.41) is 11.1. The highest BCUT2D eigenvalue weighted by atomic mass is 31.2. The van der Waals surface area contributed by atoms with Gasteiger partial charge in [0.2, 0.25) is 11.9 Å². The van der Waals surface area contributed by atoms with E-state index in [2.05, 4.69) is 20.3 Å². The third kappa shape index (κ3) is 8.79. The van der Waals surface area contributed by atoms with Crippen LogP contribution in [0.25, 0.3) is 11.2 Å². The van der Waals surface area contributed by atoms with Gasteiger partial charge in [0.05, 0.1) is 25.4 Å². The Kier molecular flexibility index (Phi) is 10.2. The molecule has 1 aliphatic heterocycles. The third-order valence-corrected chi connectivity index (χ3v) is 9.42. The van der Waals surface area contributed by atoms with Crippen LogP contribution >= 0.6 is 23.4 Å². The van der Waals surface area contributed by atoms with Crippen LogP contribution in [0, 0.1) is 17.2 Å². The van der Waals surface area contributed by atoms with Crippen molar-refractivity contribution in [1.29, 1.82) is 5.26 Å². The monoisotopic (exact) mass is 611 g/mol. The van der Waals surface area contributed by atoms with Crippen LogP contribution in [-0.2, 0) is 36.8 Å². The molecule has 1 amide bonds. The van der Waals surface area contributed by atoms with Gasteiger partial charge in [-0.3, -0.25) is 33.6 Å². The van der Waals surface area contributed by atoms with E-state index in [4.69, 9.17) is 33.4 Å². The number of hydrogen-bond donors (Lipinski definition) is 5. The number of imidazole rings is 1. The van der Waals surface area contributed by atoms with E-state index in [1.807, 2.05) is 0 Å². The minimum Gasteiger partial charge on any atom is -0.349 e. The summed E-state index contributed by atoms with van der Waals surface area (Å²) in [6.07, 6.45) is -2.23. The van der Waals surface area contributed by atoms with Crippen LogP contribution in [0.4, 0.5) is 5.95 Å². The number of hydrogen-bond acceptors (Lipinski definition) is 12. The van der Waals surface area contributed by atoms with Crippen molar-refractivity contribution in [1.82, 2.24) is 19.5 Å². The van der Waals surface area contributed by atoms with Crippen LogP contribution in [0.1, 0.15) is 32.9 Å². The fourth-order valence-electron chi connectivity index (χ4n) is 3.36. The molecule has 5 atom stereocenters. The zero-order valence-corrected chi connectivity index (χ0v) is 23.3. The number of carbonyl (C=O) groups is 1. The summed E-state index contributed by atoms with van der Waals surface area (Å²) in [6, 6.07) is 1.80. The van der Waals surface area contributed by atoms with E-state index in [0.717, 1.165) is 0 Å². The van der Waals surface area contributed by atoms with E-state index in [0.29, 0.717) is 0 Å². The molecule has 21 heteroatoms. The van der Waals surface area contributed by atoms with Gasteiger partial charge >= 0.3 is 23.4 Å². The molecule has 0 aliphatic carbocycles. The summed E-state index contributed by atoms with van der Waals surface area (Å²) in [6.45, 7) is 2.39. The quantitative estimate of drug-likeness (QED) is 0.158. The molecule has 0 spiro atoms. The van der Waals surface area contributed by atoms with E-state index >= 15 is 0 Å². The SMILES string of the molecule is CC(C)C(=O)Nc1nc2c(ncn2C2CC(O[P+](=O)OCCC#N)C(COP(=O)(O)CP(=O)(O)O)O2)c(=O)[nH]1. The third-order valence-electron chi connectivity index (χ3n) is 5.12. The van der Waals surface area contributed by atoms with Crippen molar-refractivity contribution in [3.05, 3.63) is 16.7 Å². The van der Waals surface area contributed by atoms with Crippen LogP contribution in [-0.4, -0.2) is 71.4 Å². The minimum atomic E-state index is -4.89. The number of aromatic amines is 1. The zero-order valence-electron chi connectivity index (χ0n) is 20.6. The van der Waals surface area contributed by atoms with E-state index in [1.165, 1.54) is 10.9 Å². The Morgan fingerprint density at radius 2 is 2.13 bits per heavy atom. The molecule has 0 bridgehead atoms. The molecule has 0 radical (unpaired) electrons. The average Bonchev–Trinajstić information content (AvgIpc) is 3.40. The lowest BCUT2D eigenvalue weighted by molar-refractivity contribution is -0.118. The largest absolute Gasteiger partial charge is 0.697 e. The number of aromatic nitrogens is 4. The Hall–Kier alpha value is -2.41. The molecular formula is C18H26N6O12P3+. The molecule has 18 nitrogen and oxygen atoms in total. The normalized spacial score (nSPS) is 21.6. The summed E-state index contributed by atoms with van der Waals surface area (Å²) < 4.78 is 57.8. The number of ether oxygens (including phenoxy) is 1. The van der Waals surface area contributed by atoms with Gasteiger partial charge in [0, 0.05) is 16.9 Å². The number of nitrogens with one attached hydrogen (secondary N) is 2. The van der Waals surface area contributed by atoms with Crippen molar-refractivity contribution < 1.29 is 51.5 Å². The molecule has 2 aromatic heterocycles. The molecule has 3 heterocycles. The number of carbonyl (C=O) groups excluding carboxylic acids is 1. The summed E-state index contributed by atoms with van der Waals surface area (Å²) >= 11 is 0. The number of nitriles is 1. The van der Waals surface area contributed by atoms with Gasteiger partial charge in [0.15, 0.2) is 17.1 Å². The molecule has 0 aromatic carbocycles. The topological polar surface area (TPSA) is 265 Å². The first-order valence-electron chi connectivity index (χ1n) is 11.3. The fraction of sp³-hybridized carbons (Fsp3) is 0.611. The smallest absolute Gasteiger partial charge is 0.349 e. The zero-order chi connectivity index (χ0) is 29.0. The molecule has 5 unspecified atom stereocenters. The van der Waals surface area contributed by atoms with Gasteiger partial charge in [-0.2, -0.15) is 10.2 Å². The molecule has 1 aliphatic rings. The first kappa shape index (κ1) is 31.1. The summed E-state index contributed by atoms with van der Waals surface area (Å²) in [4.78, 5) is 63.0. The second-order valence-electron chi connectivity index (χ2n) is 8.60. The Labute approximate surface area is 221 Å². The van der Waals surface area contributed by atoms with Crippen molar-refractivity contribution in [3.8, 4) is 6.07 Å². The lowest BCUT2D eigenvalue weighted by Crippen LogP contribution is -2.27. The molecule has 39 heavy (non-hydrogen) atoms. The second-order valence-corrected chi connectivity index (χ2v) is 13.5. The van der Waals surface area contributed by atoms with Gasteiger partial charge < -0.3 is 23.9 Å². The highest BCUT2D eigenvalue weighted by molar-refractivity contribution is 7.70. The number of nitrogens with zero attached hydrogens (tertiary/aromatic N) is 4. The van der Waals surface area contributed by atoms with Gasteiger partial charge in [-0.1, -0.05) is 13.8 Å². The molecule has 1 saturated heterocycles. The first-order valence-corrected chi connectivity index (χ1v) is 15.9. The number of anilines is 1. The van der Waals surface area contributed by atoms with Crippen LogP contribution in [0.3, 0.4) is 0 Å². The number of rotatable bonds is 13. The van der Waals surface area contributed by atoms with Gasteiger partial charge in [0.1, 0.15) is 25.0 Å². The second kappa shape index (κ2) is 12.8. The Balaban J connectivity index is 1.85. The van der Waals surface area contributed by atoms with E-state index in [9.17, 15) is 28.2 Å². The predicted molar refractivity (Wildman–Crippen MR) is 131 cm³/mol. The highest BCUT2D eigenvalue weighted by Crippen LogP contribution is 2.55. The van der Waals surface area contributed by atoms with Gasteiger partial charge in [-0.15, -0.1) is 9.05 Å². The van der Waals surface area contributed by atoms with E-state index in [-0.39, 0.29) is 36.6 Å². The van der Waals surface area contributed by atoms with Crippen molar-refractivity contribution in [2.45, 2.75) is 45.1 Å². The lowest BCUT2D eigenvalue weighted by atomic mass is 10.2. The number of H-pyrrole nitrogens is 1.